The molecule has 0 saturated carbocycles. The standard InChI is InChI=1S/C30H22ClNO4/c31-25-14-12-24(13-15-25)29-32-26(30(33)36-29)17-23-11-16-27(34-19-21-7-3-1-4-8-21)28(18-23)35-20-22-9-5-2-6-10-22/h1-18H,19-20H2. The van der Waals surface area contributed by atoms with Crippen LogP contribution >= 0.6 is 11.6 Å². The van der Waals surface area contributed by atoms with E-state index in [1.54, 1.807) is 30.3 Å². The monoisotopic (exact) mass is 495 g/mol. The van der Waals surface area contributed by atoms with Crippen molar-refractivity contribution >= 4 is 29.5 Å². The number of carbonyl (C=O) groups excluding carboxylic acids is 1. The van der Waals surface area contributed by atoms with Crippen molar-refractivity contribution in [1.29, 1.82) is 0 Å². The number of rotatable bonds is 8. The third kappa shape index (κ3) is 5.82. The zero-order valence-corrected chi connectivity index (χ0v) is 20.0. The lowest BCUT2D eigenvalue weighted by Gasteiger charge is -2.14. The molecule has 1 heterocycles. The molecule has 0 spiro atoms. The van der Waals surface area contributed by atoms with E-state index < -0.39 is 5.97 Å². The Bertz CT molecular complexity index is 1410. The van der Waals surface area contributed by atoms with Crippen LogP contribution in [0.1, 0.15) is 22.3 Å². The average molecular weight is 496 g/mol. The summed E-state index contributed by atoms with van der Waals surface area (Å²) >= 11 is 5.95. The molecule has 0 bridgehead atoms. The summed E-state index contributed by atoms with van der Waals surface area (Å²) in [5, 5.41) is 0.594. The number of hydrogen-bond acceptors (Lipinski definition) is 5. The Kier molecular flexibility index (Phi) is 7.10. The molecule has 0 unspecified atom stereocenters. The zero-order valence-electron chi connectivity index (χ0n) is 19.3. The van der Waals surface area contributed by atoms with Gasteiger partial charge in [0.25, 0.3) is 0 Å². The smallest absolute Gasteiger partial charge is 0.363 e. The van der Waals surface area contributed by atoms with Crippen molar-refractivity contribution < 1.29 is 19.0 Å². The first-order valence-corrected chi connectivity index (χ1v) is 11.8. The number of cyclic esters (lactones) is 1. The summed E-state index contributed by atoms with van der Waals surface area (Å²) in [6, 6.07) is 32.3. The van der Waals surface area contributed by atoms with Gasteiger partial charge < -0.3 is 14.2 Å². The van der Waals surface area contributed by atoms with Crippen molar-refractivity contribution in [2.24, 2.45) is 4.99 Å². The fourth-order valence-corrected chi connectivity index (χ4v) is 3.73. The lowest BCUT2D eigenvalue weighted by atomic mass is 10.1. The number of nitrogens with zero attached hydrogens (tertiary/aromatic N) is 1. The molecule has 0 amide bonds. The Morgan fingerprint density at radius 2 is 1.36 bits per heavy atom. The molecule has 0 atom stereocenters. The van der Waals surface area contributed by atoms with Gasteiger partial charge in [0.1, 0.15) is 13.2 Å². The number of benzene rings is 4. The van der Waals surface area contributed by atoms with Crippen LogP contribution < -0.4 is 9.47 Å². The molecule has 4 aromatic carbocycles. The molecule has 4 aromatic rings. The number of hydrogen-bond donors (Lipinski definition) is 0. The number of carbonyl (C=O) groups is 1. The van der Waals surface area contributed by atoms with E-state index in [0.29, 0.717) is 35.3 Å². The molecule has 0 aromatic heterocycles. The SMILES string of the molecule is O=C1OC(c2ccc(Cl)cc2)=NC1=Cc1ccc(OCc2ccccc2)c(OCc2ccccc2)c1. The van der Waals surface area contributed by atoms with Crippen molar-refractivity contribution in [3.63, 3.8) is 0 Å². The molecule has 1 aliphatic heterocycles. The van der Waals surface area contributed by atoms with Crippen LogP contribution in [0.3, 0.4) is 0 Å². The molecule has 5 rings (SSSR count). The van der Waals surface area contributed by atoms with E-state index in [9.17, 15) is 4.79 Å². The van der Waals surface area contributed by atoms with Crippen LogP contribution in [-0.4, -0.2) is 11.9 Å². The second kappa shape index (κ2) is 10.9. The van der Waals surface area contributed by atoms with Gasteiger partial charge in [-0.1, -0.05) is 78.3 Å². The summed E-state index contributed by atoms with van der Waals surface area (Å²) in [4.78, 5) is 16.8. The zero-order chi connectivity index (χ0) is 24.7. The van der Waals surface area contributed by atoms with E-state index in [1.807, 2.05) is 78.9 Å². The molecule has 0 radical (unpaired) electrons. The molecular weight excluding hydrogens is 474 g/mol. The molecule has 36 heavy (non-hydrogen) atoms. The van der Waals surface area contributed by atoms with E-state index in [2.05, 4.69) is 4.99 Å². The van der Waals surface area contributed by atoms with Gasteiger partial charge in [-0.3, -0.25) is 0 Å². The summed E-state index contributed by atoms with van der Waals surface area (Å²) in [6.07, 6.45) is 1.67. The second-order valence-corrected chi connectivity index (χ2v) is 8.53. The van der Waals surface area contributed by atoms with Gasteiger partial charge in [-0.25, -0.2) is 9.79 Å². The number of esters is 1. The van der Waals surface area contributed by atoms with Crippen molar-refractivity contribution in [3.05, 3.63) is 136 Å². The van der Waals surface area contributed by atoms with Crippen LogP contribution in [0, 0.1) is 0 Å². The molecule has 1 aliphatic rings. The molecule has 178 valence electrons. The Labute approximate surface area is 214 Å². The van der Waals surface area contributed by atoms with Crippen molar-refractivity contribution in [2.75, 3.05) is 0 Å². The van der Waals surface area contributed by atoms with Crippen LogP contribution in [0.5, 0.6) is 11.5 Å². The van der Waals surface area contributed by atoms with E-state index in [4.69, 9.17) is 25.8 Å². The van der Waals surface area contributed by atoms with E-state index in [1.165, 1.54) is 0 Å². The molecule has 5 nitrogen and oxygen atoms in total. The Hall–Kier alpha value is -4.35. The molecule has 0 N–H and O–H groups in total. The maximum atomic E-state index is 12.5. The molecular formula is C30H22ClNO4. The third-order valence-electron chi connectivity index (χ3n) is 5.46. The average Bonchev–Trinajstić information content (AvgIpc) is 3.28. The minimum atomic E-state index is -0.517. The fraction of sp³-hybridized carbons (Fsp3) is 0.0667. The largest absolute Gasteiger partial charge is 0.485 e. The highest BCUT2D eigenvalue weighted by Crippen LogP contribution is 2.31. The highest BCUT2D eigenvalue weighted by atomic mass is 35.5. The summed E-state index contributed by atoms with van der Waals surface area (Å²) in [7, 11) is 0. The highest BCUT2D eigenvalue weighted by molar-refractivity contribution is 6.30. The third-order valence-corrected chi connectivity index (χ3v) is 5.71. The van der Waals surface area contributed by atoms with Crippen molar-refractivity contribution in [2.45, 2.75) is 13.2 Å². The van der Waals surface area contributed by atoms with Gasteiger partial charge in [-0.05, 0) is 59.2 Å². The lowest BCUT2D eigenvalue weighted by molar-refractivity contribution is -0.129. The molecule has 0 aliphatic carbocycles. The van der Waals surface area contributed by atoms with Gasteiger partial charge in [0.05, 0.1) is 0 Å². The maximum absolute atomic E-state index is 12.5. The summed E-state index contributed by atoms with van der Waals surface area (Å²) in [5.74, 6) is 0.899. The minimum Gasteiger partial charge on any atom is -0.485 e. The van der Waals surface area contributed by atoms with E-state index in [-0.39, 0.29) is 11.6 Å². The van der Waals surface area contributed by atoms with Crippen molar-refractivity contribution in [1.82, 2.24) is 0 Å². The first kappa shape index (κ1) is 23.4. The second-order valence-electron chi connectivity index (χ2n) is 8.10. The van der Waals surface area contributed by atoms with Crippen molar-refractivity contribution in [3.8, 4) is 11.5 Å². The molecule has 0 fully saturated rings. The van der Waals surface area contributed by atoms with Gasteiger partial charge in [0, 0.05) is 10.6 Å². The lowest BCUT2D eigenvalue weighted by Crippen LogP contribution is -2.05. The summed E-state index contributed by atoms with van der Waals surface area (Å²) in [6.45, 7) is 0.785. The molecule has 0 saturated heterocycles. The van der Waals surface area contributed by atoms with Crippen LogP contribution in [0.4, 0.5) is 0 Å². The maximum Gasteiger partial charge on any atom is 0.363 e. The normalized spacial score (nSPS) is 13.9. The van der Waals surface area contributed by atoms with Crippen LogP contribution in [-0.2, 0) is 22.7 Å². The first-order chi connectivity index (χ1) is 17.6. The van der Waals surface area contributed by atoms with Gasteiger partial charge in [0.2, 0.25) is 5.90 Å². The van der Waals surface area contributed by atoms with Gasteiger partial charge in [0.15, 0.2) is 17.2 Å². The predicted molar refractivity (Wildman–Crippen MR) is 140 cm³/mol. The summed E-state index contributed by atoms with van der Waals surface area (Å²) in [5.41, 5.74) is 3.69. The van der Waals surface area contributed by atoms with Crippen LogP contribution in [0.15, 0.2) is 114 Å². The minimum absolute atomic E-state index is 0.201. The summed E-state index contributed by atoms with van der Waals surface area (Å²) < 4.78 is 17.6. The topological polar surface area (TPSA) is 57.1 Å². The van der Waals surface area contributed by atoms with Crippen LogP contribution in [0.25, 0.3) is 6.08 Å². The predicted octanol–water partition coefficient (Wildman–Crippen LogP) is 6.84. The number of ether oxygens (including phenoxy) is 3. The Morgan fingerprint density at radius 1 is 0.750 bits per heavy atom. The first-order valence-electron chi connectivity index (χ1n) is 11.4. The fourth-order valence-electron chi connectivity index (χ4n) is 3.60. The van der Waals surface area contributed by atoms with Gasteiger partial charge in [-0.15, -0.1) is 0 Å². The highest BCUT2D eigenvalue weighted by Gasteiger charge is 2.24. The number of aliphatic imine (C=N–C) groups is 1. The quantitative estimate of drug-likeness (QED) is 0.198. The Balaban J connectivity index is 1.40. The van der Waals surface area contributed by atoms with Gasteiger partial charge >= 0.3 is 5.97 Å². The van der Waals surface area contributed by atoms with E-state index >= 15 is 0 Å². The Morgan fingerprint density at radius 3 is 2.00 bits per heavy atom. The molecule has 6 heteroatoms. The van der Waals surface area contributed by atoms with E-state index in [0.717, 1.165) is 16.7 Å². The van der Waals surface area contributed by atoms with Gasteiger partial charge in [-0.2, -0.15) is 0 Å². The number of halogens is 1. The van der Waals surface area contributed by atoms with Crippen LogP contribution in [0.2, 0.25) is 5.02 Å².